The van der Waals surface area contributed by atoms with Gasteiger partial charge in [0, 0.05) is 17.3 Å². The third-order valence-corrected chi connectivity index (χ3v) is 3.72. The number of hydrogen-bond acceptors (Lipinski definition) is 3. The zero-order valence-electron chi connectivity index (χ0n) is 7.07. The van der Waals surface area contributed by atoms with Crippen LogP contribution in [0, 0.1) is 0 Å². The second-order valence-corrected chi connectivity index (χ2v) is 5.26. The first-order valence-corrected chi connectivity index (χ1v) is 7.18. The molecule has 0 atom stereocenters. The van der Waals surface area contributed by atoms with Crippen LogP contribution < -0.4 is 0 Å². The maximum Gasteiger partial charge on any atom is 0.0229 e. The van der Waals surface area contributed by atoms with Crippen molar-refractivity contribution in [1.82, 2.24) is 0 Å². The van der Waals surface area contributed by atoms with Crippen molar-refractivity contribution in [3.8, 4) is 0 Å². The summed E-state index contributed by atoms with van der Waals surface area (Å²) in [6, 6.07) is 0. The highest BCUT2D eigenvalue weighted by Gasteiger charge is 1.85. The van der Waals surface area contributed by atoms with Crippen LogP contribution in [0.1, 0.15) is 0 Å². The molecule has 0 saturated heterocycles. The summed E-state index contributed by atoms with van der Waals surface area (Å²) >= 11 is 1.82. The van der Waals surface area contributed by atoms with Gasteiger partial charge in [-0.15, -0.1) is 13.2 Å². The van der Waals surface area contributed by atoms with Crippen LogP contribution in [-0.4, -0.2) is 17.3 Å². The Hall–Kier alpha value is 0.270. The van der Waals surface area contributed by atoms with Gasteiger partial charge in [-0.25, -0.2) is 0 Å². The molecule has 1 heterocycles. The SMILES string of the molecule is C1=CSSC1.C=CCSCC=C. The van der Waals surface area contributed by atoms with E-state index >= 15 is 0 Å². The number of thioether (sulfide) groups is 1. The Balaban J connectivity index is 0.000000211. The Morgan fingerprint density at radius 2 is 2.00 bits per heavy atom. The molecular formula is C9H14S3. The molecule has 0 aromatic heterocycles. The fourth-order valence-corrected chi connectivity index (χ4v) is 2.47. The Morgan fingerprint density at radius 1 is 1.33 bits per heavy atom. The van der Waals surface area contributed by atoms with Gasteiger partial charge in [0.25, 0.3) is 0 Å². The average Bonchev–Trinajstić information content (AvgIpc) is 2.62. The molecule has 0 bridgehead atoms. The van der Waals surface area contributed by atoms with E-state index in [0.717, 1.165) is 11.5 Å². The molecular weight excluding hydrogens is 204 g/mol. The lowest BCUT2D eigenvalue weighted by Crippen LogP contribution is -1.69. The molecule has 0 spiro atoms. The quantitative estimate of drug-likeness (QED) is 0.398. The third kappa shape index (κ3) is 10.3. The zero-order valence-corrected chi connectivity index (χ0v) is 9.52. The first-order chi connectivity index (χ1) is 5.91. The Bertz CT molecular complexity index is 127. The second kappa shape index (κ2) is 11.3. The summed E-state index contributed by atoms with van der Waals surface area (Å²) < 4.78 is 0. The van der Waals surface area contributed by atoms with Crippen LogP contribution in [0.4, 0.5) is 0 Å². The van der Waals surface area contributed by atoms with E-state index in [0.29, 0.717) is 0 Å². The summed E-state index contributed by atoms with van der Waals surface area (Å²) in [6.07, 6.45) is 5.96. The Kier molecular flexibility index (Phi) is 11.5. The van der Waals surface area contributed by atoms with Crippen molar-refractivity contribution < 1.29 is 0 Å². The Morgan fingerprint density at radius 3 is 2.25 bits per heavy atom. The van der Waals surface area contributed by atoms with Crippen molar-refractivity contribution in [2.24, 2.45) is 0 Å². The van der Waals surface area contributed by atoms with Gasteiger partial charge in [0.15, 0.2) is 0 Å². The minimum absolute atomic E-state index is 1.03. The maximum absolute atomic E-state index is 3.58. The minimum Gasteiger partial charge on any atom is -0.154 e. The summed E-state index contributed by atoms with van der Waals surface area (Å²) in [5.74, 6) is 3.27. The molecule has 0 fully saturated rings. The molecule has 68 valence electrons. The molecule has 1 aliphatic rings. The van der Waals surface area contributed by atoms with Gasteiger partial charge in [0.2, 0.25) is 0 Å². The number of rotatable bonds is 4. The van der Waals surface area contributed by atoms with Crippen LogP contribution in [0.2, 0.25) is 0 Å². The van der Waals surface area contributed by atoms with Crippen molar-refractivity contribution in [3.05, 3.63) is 36.8 Å². The Labute approximate surface area is 87.4 Å². The van der Waals surface area contributed by atoms with E-state index in [1.165, 1.54) is 5.75 Å². The van der Waals surface area contributed by atoms with E-state index in [-0.39, 0.29) is 0 Å². The average molecular weight is 218 g/mol. The smallest absolute Gasteiger partial charge is 0.0229 e. The molecule has 0 aliphatic carbocycles. The zero-order chi connectivity index (χ0) is 9.07. The fourth-order valence-electron chi connectivity index (χ4n) is 0.431. The largest absolute Gasteiger partial charge is 0.154 e. The van der Waals surface area contributed by atoms with Crippen LogP contribution in [0.3, 0.4) is 0 Å². The monoisotopic (exact) mass is 218 g/mol. The van der Waals surface area contributed by atoms with E-state index in [2.05, 4.69) is 24.6 Å². The lowest BCUT2D eigenvalue weighted by molar-refractivity contribution is 1.74. The second-order valence-electron chi connectivity index (χ2n) is 1.87. The highest BCUT2D eigenvalue weighted by atomic mass is 33.1. The van der Waals surface area contributed by atoms with E-state index in [1.54, 1.807) is 0 Å². The molecule has 12 heavy (non-hydrogen) atoms. The molecule has 0 unspecified atom stereocenters. The van der Waals surface area contributed by atoms with Gasteiger partial charge in [-0.3, -0.25) is 0 Å². The highest BCUT2D eigenvalue weighted by molar-refractivity contribution is 8.78. The maximum atomic E-state index is 3.58. The van der Waals surface area contributed by atoms with Crippen LogP contribution >= 0.6 is 33.3 Å². The summed E-state index contributed by atoms with van der Waals surface area (Å²) in [6.45, 7) is 7.15. The van der Waals surface area contributed by atoms with Crippen molar-refractivity contribution in [1.29, 1.82) is 0 Å². The normalized spacial score (nSPS) is 13.3. The topological polar surface area (TPSA) is 0 Å². The fraction of sp³-hybridized carbons (Fsp3) is 0.333. The van der Waals surface area contributed by atoms with Crippen LogP contribution in [-0.2, 0) is 0 Å². The molecule has 0 aromatic rings. The van der Waals surface area contributed by atoms with Gasteiger partial charge < -0.3 is 0 Å². The summed E-state index contributed by atoms with van der Waals surface area (Å²) in [5, 5.41) is 2.12. The molecule has 1 aliphatic heterocycles. The predicted molar refractivity (Wildman–Crippen MR) is 66.9 cm³/mol. The van der Waals surface area contributed by atoms with Crippen LogP contribution in [0.15, 0.2) is 36.8 Å². The molecule has 0 N–H and O–H groups in total. The van der Waals surface area contributed by atoms with Gasteiger partial charge >= 0.3 is 0 Å². The molecule has 0 radical (unpaired) electrons. The van der Waals surface area contributed by atoms with Gasteiger partial charge in [-0.2, -0.15) is 11.8 Å². The lowest BCUT2D eigenvalue weighted by Gasteiger charge is -1.85. The first-order valence-electron chi connectivity index (χ1n) is 3.64. The molecule has 0 aromatic carbocycles. The molecule has 0 nitrogen and oxygen atoms in total. The molecule has 3 heteroatoms. The van der Waals surface area contributed by atoms with Gasteiger partial charge in [0.1, 0.15) is 0 Å². The van der Waals surface area contributed by atoms with Crippen LogP contribution in [0.5, 0.6) is 0 Å². The third-order valence-electron chi connectivity index (χ3n) is 0.855. The van der Waals surface area contributed by atoms with Crippen molar-refractivity contribution in [3.63, 3.8) is 0 Å². The van der Waals surface area contributed by atoms with E-state index in [1.807, 2.05) is 45.5 Å². The first kappa shape index (κ1) is 12.3. The number of hydrogen-bond donors (Lipinski definition) is 0. The highest BCUT2D eigenvalue weighted by Crippen LogP contribution is 2.27. The van der Waals surface area contributed by atoms with E-state index < -0.39 is 0 Å². The summed E-state index contributed by atoms with van der Waals surface area (Å²) in [7, 11) is 3.69. The van der Waals surface area contributed by atoms with Crippen LogP contribution in [0.25, 0.3) is 0 Å². The standard InChI is InChI=1S/C6H10S.C3H4S2/c1-3-5-7-6-4-2;1-2-4-5-3-1/h3-4H,1-2,5-6H2;1-2H,3H2. The van der Waals surface area contributed by atoms with Crippen molar-refractivity contribution >= 4 is 33.3 Å². The predicted octanol–water partition coefficient (Wildman–Crippen LogP) is 3.99. The van der Waals surface area contributed by atoms with Gasteiger partial charge in [0.05, 0.1) is 0 Å². The van der Waals surface area contributed by atoms with Crippen molar-refractivity contribution in [2.45, 2.75) is 0 Å². The summed E-state index contributed by atoms with van der Waals surface area (Å²) in [5.41, 5.74) is 0. The molecule has 0 amide bonds. The molecule has 1 rings (SSSR count). The summed E-state index contributed by atoms with van der Waals surface area (Å²) in [4.78, 5) is 0. The lowest BCUT2D eigenvalue weighted by atomic mass is 10.8. The van der Waals surface area contributed by atoms with E-state index in [4.69, 9.17) is 0 Å². The minimum atomic E-state index is 1.03. The van der Waals surface area contributed by atoms with Gasteiger partial charge in [-0.1, -0.05) is 39.8 Å². The van der Waals surface area contributed by atoms with Gasteiger partial charge in [-0.05, 0) is 5.41 Å². The van der Waals surface area contributed by atoms with E-state index in [9.17, 15) is 0 Å². The molecule has 0 saturated carbocycles. The van der Waals surface area contributed by atoms with Crippen molar-refractivity contribution in [2.75, 3.05) is 17.3 Å².